The number of ether oxygens (including phenoxy) is 1. The van der Waals surface area contributed by atoms with Gasteiger partial charge in [-0.05, 0) is 34.8 Å². The van der Waals surface area contributed by atoms with E-state index in [1.165, 1.54) is 6.07 Å². The zero-order valence-corrected chi connectivity index (χ0v) is 13.3. The summed E-state index contributed by atoms with van der Waals surface area (Å²) in [6, 6.07) is 3.22. The van der Waals surface area contributed by atoms with Crippen LogP contribution in [-0.2, 0) is 17.2 Å². The molecule has 20 heavy (non-hydrogen) atoms. The molecular weight excluding hydrogens is 347 g/mol. The summed E-state index contributed by atoms with van der Waals surface area (Å²) in [5, 5.41) is 0. The normalized spacial score (nSPS) is 19.6. The molecule has 6 heteroatoms. The van der Waals surface area contributed by atoms with E-state index in [1.807, 2.05) is 0 Å². The number of aromatic nitrogens is 2. The number of hydrogen-bond donors (Lipinski definition) is 0. The number of hydrogen-bond acceptors (Lipinski definition) is 2. The summed E-state index contributed by atoms with van der Waals surface area (Å²) in [4.78, 5) is 4.43. The van der Waals surface area contributed by atoms with Gasteiger partial charge in [0.15, 0.2) is 0 Å². The van der Waals surface area contributed by atoms with Crippen LogP contribution in [0.5, 0.6) is 0 Å². The second kappa shape index (κ2) is 6.00. The van der Waals surface area contributed by atoms with Crippen molar-refractivity contribution in [3.8, 4) is 0 Å². The van der Waals surface area contributed by atoms with Gasteiger partial charge in [-0.15, -0.1) is 11.6 Å². The standard InChI is InChI=1S/C14H15BrClFN2O/c15-10-4-13-12(5-11(10)17)18-14(6-16)19(13)7-9-2-1-3-20-8-9/h4-5,9H,1-3,6-8H2. The molecule has 1 aromatic heterocycles. The lowest BCUT2D eigenvalue weighted by Gasteiger charge is -2.23. The predicted octanol–water partition coefficient (Wildman–Crippen LogP) is 4.10. The van der Waals surface area contributed by atoms with Gasteiger partial charge in [0.1, 0.15) is 11.6 Å². The lowest BCUT2D eigenvalue weighted by molar-refractivity contribution is 0.0485. The van der Waals surface area contributed by atoms with Gasteiger partial charge in [-0.3, -0.25) is 0 Å². The minimum absolute atomic E-state index is 0.302. The van der Waals surface area contributed by atoms with Crippen molar-refractivity contribution in [3.63, 3.8) is 0 Å². The molecule has 0 bridgehead atoms. The molecule has 0 amide bonds. The summed E-state index contributed by atoms with van der Waals surface area (Å²) in [6.07, 6.45) is 2.23. The molecule has 1 aliphatic heterocycles. The number of halogens is 3. The van der Waals surface area contributed by atoms with Gasteiger partial charge in [-0.25, -0.2) is 9.37 Å². The maximum absolute atomic E-state index is 13.6. The minimum Gasteiger partial charge on any atom is -0.381 e. The van der Waals surface area contributed by atoms with Gasteiger partial charge in [0.05, 0.1) is 28.0 Å². The molecule has 0 N–H and O–H groups in total. The van der Waals surface area contributed by atoms with Gasteiger partial charge >= 0.3 is 0 Å². The largest absolute Gasteiger partial charge is 0.381 e. The van der Waals surface area contributed by atoms with Crippen LogP contribution in [0.3, 0.4) is 0 Å². The molecule has 1 atom stereocenters. The molecule has 3 rings (SSSR count). The highest BCUT2D eigenvalue weighted by molar-refractivity contribution is 9.10. The summed E-state index contributed by atoms with van der Waals surface area (Å²) < 4.78 is 21.7. The van der Waals surface area contributed by atoms with Crippen LogP contribution in [0, 0.1) is 11.7 Å². The summed E-state index contributed by atoms with van der Waals surface area (Å²) in [5.74, 6) is 1.27. The van der Waals surface area contributed by atoms with Crippen molar-refractivity contribution >= 4 is 38.6 Å². The van der Waals surface area contributed by atoms with E-state index in [1.54, 1.807) is 6.07 Å². The fourth-order valence-corrected chi connectivity index (χ4v) is 3.22. The Morgan fingerprint density at radius 2 is 2.35 bits per heavy atom. The fourth-order valence-electron chi connectivity index (χ4n) is 2.69. The Bertz CT molecular complexity index is 625. The van der Waals surface area contributed by atoms with Crippen LogP contribution < -0.4 is 0 Å². The average Bonchev–Trinajstić information content (AvgIpc) is 2.78. The summed E-state index contributed by atoms with van der Waals surface area (Å²) in [5.41, 5.74) is 1.57. The lowest BCUT2D eigenvalue weighted by Crippen LogP contribution is -2.22. The molecule has 1 fully saturated rings. The van der Waals surface area contributed by atoms with Crippen LogP contribution in [0.2, 0.25) is 0 Å². The SMILES string of the molecule is Fc1cc2nc(CCl)n(CC3CCCOC3)c2cc1Br. The Hall–Kier alpha value is -0.650. The quantitative estimate of drug-likeness (QED) is 0.770. The molecular formula is C14H15BrClFN2O. The van der Waals surface area contributed by atoms with Gasteiger partial charge in [-0.1, -0.05) is 0 Å². The first-order valence-electron chi connectivity index (χ1n) is 6.67. The monoisotopic (exact) mass is 360 g/mol. The van der Waals surface area contributed by atoms with Gasteiger partial charge in [0, 0.05) is 25.1 Å². The third kappa shape index (κ3) is 2.71. The zero-order valence-electron chi connectivity index (χ0n) is 10.9. The topological polar surface area (TPSA) is 27.1 Å². The molecule has 2 aromatic rings. The first-order chi connectivity index (χ1) is 9.69. The number of fused-ring (bicyclic) bond motifs is 1. The maximum Gasteiger partial charge on any atom is 0.139 e. The van der Waals surface area contributed by atoms with E-state index in [0.29, 0.717) is 21.8 Å². The number of imidazole rings is 1. The first-order valence-corrected chi connectivity index (χ1v) is 7.99. The van der Waals surface area contributed by atoms with E-state index in [9.17, 15) is 4.39 Å². The second-order valence-corrected chi connectivity index (χ2v) is 6.23. The Labute approximate surface area is 130 Å². The molecule has 0 saturated carbocycles. The number of benzene rings is 1. The lowest BCUT2D eigenvalue weighted by atomic mass is 10.0. The van der Waals surface area contributed by atoms with Crippen LogP contribution in [0.4, 0.5) is 4.39 Å². The zero-order chi connectivity index (χ0) is 14.1. The molecule has 2 heterocycles. The van der Waals surface area contributed by atoms with E-state index in [-0.39, 0.29) is 5.82 Å². The Balaban J connectivity index is 2.00. The predicted molar refractivity (Wildman–Crippen MR) is 80.5 cm³/mol. The number of rotatable bonds is 3. The third-order valence-corrected chi connectivity index (χ3v) is 4.53. The van der Waals surface area contributed by atoms with E-state index in [0.717, 1.165) is 43.9 Å². The fraction of sp³-hybridized carbons (Fsp3) is 0.500. The third-order valence-electron chi connectivity index (χ3n) is 3.68. The molecule has 3 nitrogen and oxygen atoms in total. The minimum atomic E-state index is -0.302. The van der Waals surface area contributed by atoms with Gasteiger partial charge in [0.25, 0.3) is 0 Å². The molecule has 1 aromatic carbocycles. The van der Waals surface area contributed by atoms with Crippen LogP contribution in [0.1, 0.15) is 18.7 Å². The molecule has 1 saturated heterocycles. The smallest absolute Gasteiger partial charge is 0.139 e. The van der Waals surface area contributed by atoms with Gasteiger partial charge in [-0.2, -0.15) is 0 Å². The van der Waals surface area contributed by atoms with E-state index in [2.05, 4.69) is 25.5 Å². The molecule has 0 aliphatic carbocycles. The molecule has 108 valence electrons. The number of alkyl halides is 1. The highest BCUT2D eigenvalue weighted by Gasteiger charge is 2.19. The van der Waals surface area contributed by atoms with Crippen LogP contribution >= 0.6 is 27.5 Å². The molecule has 0 radical (unpaired) electrons. The van der Waals surface area contributed by atoms with E-state index >= 15 is 0 Å². The number of nitrogens with zero attached hydrogens (tertiary/aromatic N) is 2. The van der Waals surface area contributed by atoms with Crippen molar-refractivity contribution in [1.82, 2.24) is 9.55 Å². The van der Waals surface area contributed by atoms with E-state index < -0.39 is 0 Å². The van der Waals surface area contributed by atoms with Crippen molar-refractivity contribution in [2.24, 2.45) is 5.92 Å². The van der Waals surface area contributed by atoms with Crippen molar-refractivity contribution < 1.29 is 9.13 Å². The molecule has 0 spiro atoms. The van der Waals surface area contributed by atoms with Crippen molar-refractivity contribution in [3.05, 3.63) is 28.2 Å². The van der Waals surface area contributed by atoms with Crippen molar-refractivity contribution in [2.75, 3.05) is 13.2 Å². The Morgan fingerprint density at radius 1 is 1.50 bits per heavy atom. The van der Waals surface area contributed by atoms with Crippen LogP contribution in [0.25, 0.3) is 11.0 Å². The Kier molecular flexibility index (Phi) is 4.29. The van der Waals surface area contributed by atoms with Crippen LogP contribution in [-0.4, -0.2) is 22.8 Å². The highest BCUT2D eigenvalue weighted by Crippen LogP contribution is 2.27. The van der Waals surface area contributed by atoms with E-state index in [4.69, 9.17) is 16.3 Å². The van der Waals surface area contributed by atoms with Crippen molar-refractivity contribution in [1.29, 1.82) is 0 Å². The molecule has 1 aliphatic rings. The maximum atomic E-state index is 13.6. The second-order valence-electron chi connectivity index (χ2n) is 5.11. The van der Waals surface area contributed by atoms with Gasteiger partial charge < -0.3 is 9.30 Å². The molecule has 1 unspecified atom stereocenters. The van der Waals surface area contributed by atoms with Crippen LogP contribution in [0.15, 0.2) is 16.6 Å². The highest BCUT2D eigenvalue weighted by atomic mass is 79.9. The average molecular weight is 362 g/mol. The summed E-state index contributed by atoms with van der Waals surface area (Å²) in [7, 11) is 0. The summed E-state index contributed by atoms with van der Waals surface area (Å²) >= 11 is 9.21. The van der Waals surface area contributed by atoms with Crippen molar-refractivity contribution in [2.45, 2.75) is 25.3 Å². The summed E-state index contributed by atoms with van der Waals surface area (Å²) in [6.45, 7) is 2.43. The Morgan fingerprint density at radius 3 is 3.05 bits per heavy atom. The first kappa shape index (κ1) is 14.3. The van der Waals surface area contributed by atoms with Gasteiger partial charge in [0.2, 0.25) is 0 Å².